The van der Waals surface area contributed by atoms with E-state index in [-0.39, 0.29) is 18.2 Å². The van der Waals surface area contributed by atoms with Crippen molar-refractivity contribution in [1.29, 1.82) is 0 Å². The minimum Gasteiger partial charge on any atom is -0.490 e. The molecule has 0 unspecified atom stereocenters. The van der Waals surface area contributed by atoms with Crippen LogP contribution in [0, 0.1) is 0 Å². The van der Waals surface area contributed by atoms with Gasteiger partial charge in [0.15, 0.2) is 0 Å². The molecule has 1 aromatic heterocycles. The van der Waals surface area contributed by atoms with Crippen LogP contribution < -0.4 is 10.1 Å². The molecule has 116 valence electrons. The molecule has 0 atom stereocenters. The lowest BCUT2D eigenvalue weighted by Gasteiger charge is -2.29. The van der Waals surface area contributed by atoms with Crippen LogP contribution in [-0.4, -0.2) is 29.8 Å². The summed E-state index contributed by atoms with van der Waals surface area (Å²) >= 11 is 0. The number of rotatable bonds is 6. The predicted molar refractivity (Wildman–Crippen MR) is 80.3 cm³/mol. The second-order valence-corrected chi connectivity index (χ2v) is 5.41. The highest BCUT2D eigenvalue weighted by molar-refractivity contribution is 5.67. The molecule has 1 aliphatic rings. The Morgan fingerprint density at radius 2 is 2.00 bits per heavy atom. The largest absolute Gasteiger partial charge is 0.490 e. The van der Waals surface area contributed by atoms with Gasteiger partial charge in [0.25, 0.3) is 0 Å². The fraction of sp³-hybridized carbons (Fsp3) is 0.625. The van der Waals surface area contributed by atoms with Gasteiger partial charge in [0.1, 0.15) is 5.75 Å². The summed E-state index contributed by atoms with van der Waals surface area (Å²) in [4.78, 5) is 15.6. The standard InChI is InChI=1S/C16H24N2O3/c1-2-3-12-20-16(19)18-13-4-6-14(7-5-13)21-15-8-10-17-11-9-15/h8-11,13-14H,2-7,12H2,1H3,(H,18,19). The van der Waals surface area contributed by atoms with Gasteiger partial charge in [0, 0.05) is 18.4 Å². The van der Waals surface area contributed by atoms with Gasteiger partial charge in [0.05, 0.1) is 12.7 Å². The summed E-state index contributed by atoms with van der Waals surface area (Å²) in [5.74, 6) is 0.861. The van der Waals surface area contributed by atoms with Gasteiger partial charge in [-0.05, 0) is 44.2 Å². The molecule has 0 spiro atoms. The lowest BCUT2D eigenvalue weighted by molar-refractivity contribution is 0.119. The topological polar surface area (TPSA) is 60.5 Å². The average Bonchev–Trinajstić information content (AvgIpc) is 2.51. The molecule has 0 radical (unpaired) electrons. The minimum atomic E-state index is -0.290. The quantitative estimate of drug-likeness (QED) is 0.817. The molecule has 1 saturated carbocycles. The lowest BCUT2D eigenvalue weighted by atomic mass is 9.93. The zero-order chi connectivity index (χ0) is 14.9. The van der Waals surface area contributed by atoms with Crippen molar-refractivity contribution in [2.45, 2.75) is 57.6 Å². The maximum Gasteiger partial charge on any atom is 0.407 e. The Morgan fingerprint density at radius 3 is 2.67 bits per heavy atom. The fourth-order valence-electron chi connectivity index (χ4n) is 2.45. The van der Waals surface area contributed by atoms with Crippen molar-refractivity contribution in [3.8, 4) is 5.75 Å². The summed E-state index contributed by atoms with van der Waals surface area (Å²) in [6.45, 7) is 2.58. The third-order valence-electron chi connectivity index (χ3n) is 3.68. The van der Waals surface area contributed by atoms with Gasteiger partial charge in [-0.2, -0.15) is 0 Å². The number of ether oxygens (including phenoxy) is 2. The smallest absolute Gasteiger partial charge is 0.407 e. The molecule has 5 nitrogen and oxygen atoms in total. The first-order valence-corrected chi connectivity index (χ1v) is 7.78. The van der Waals surface area contributed by atoms with Crippen LogP contribution in [0.4, 0.5) is 4.79 Å². The molecule has 1 N–H and O–H groups in total. The van der Waals surface area contributed by atoms with Crippen LogP contribution in [0.1, 0.15) is 45.4 Å². The zero-order valence-electron chi connectivity index (χ0n) is 12.6. The van der Waals surface area contributed by atoms with Crippen LogP contribution >= 0.6 is 0 Å². The minimum absolute atomic E-state index is 0.205. The number of pyridine rings is 1. The van der Waals surface area contributed by atoms with Crippen LogP contribution in [0.2, 0.25) is 0 Å². The van der Waals surface area contributed by atoms with Crippen LogP contribution in [0.25, 0.3) is 0 Å². The fourth-order valence-corrected chi connectivity index (χ4v) is 2.45. The third kappa shape index (κ3) is 5.61. The molecule has 1 fully saturated rings. The first-order valence-electron chi connectivity index (χ1n) is 7.78. The molecule has 5 heteroatoms. The number of alkyl carbamates (subject to hydrolysis) is 1. The van der Waals surface area contributed by atoms with E-state index < -0.39 is 0 Å². The Labute approximate surface area is 126 Å². The molecule has 0 aromatic carbocycles. The number of hydrogen-bond donors (Lipinski definition) is 1. The monoisotopic (exact) mass is 292 g/mol. The van der Waals surface area contributed by atoms with Crippen molar-refractivity contribution in [3.63, 3.8) is 0 Å². The van der Waals surface area contributed by atoms with Crippen LogP contribution in [-0.2, 0) is 4.74 Å². The van der Waals surface area contributed by atoms with Gasteiger partial charge >= 0.3 is 6.09 Å². The predicted octanol–water partition coefficient (Wildman–Crippen LogP) is 3.30. The normalized spacial score (nSPS) is 21.6. The number of unbranched alkanes of at least 4 members (excludes halogenated alkanes) is 1. The van der Waals surface area contributed by atoms with Crippen molar-refractivity contribution in [3.05, 3.63) is 24.5 Å². The summed E-state index contributed by atoms with van der Waals surface area (Å²) in [6, 6.07) is 3.95. The molecule has 21 heavy (non-hydrogen) atoms. The van der Waals surface area contributed by atoms with E-state index in [1.54, 1.807) is 12.4 Å². The molecule has 1 aliphatic carbocycles. The van der Waals surface area contributed by atoms with Gasteiger partial charge in [-0.15, -0.1) is 0 Å². The molecule has 2 rings (SSSR count). The lowest BCUT2D eigenvalue weighted by Crippen LogP contribution is -2.40. The van der Waals surface area contributed by atoms with Gasteiger partial charge in [-0.1, -0.05) is 13.3 Å². The van der Waals surface area contributed by atoms with Gasteiger partial charge in [-0.3, -0.25) is 4.98 Å². The van der Waals surface area contributed by atoms with E-state index in [0.717, 1.165) is 44.3 Å². The zero-order valence-corrected chi connectivity index (χ0v) is 12.6. The average molecular weight is 292 g/mol. The van der Waals surface area contributed by atoms with Gasteiger partial charge < -0.3 is 14.8 Å². The van der Waals surface area contributed by atoms with E-state index in [1.165, 1.54) is 0 Å². The molecule has 0 aliphatic heterocycles. The first kappa shape index (κ1) is 15.6. The van der Waals surface area contributed by atoms with Gasteiger partial charge in [-0.25, -0.2) is 4.79 Å². The number of carbonyl (C=O) groups excluding carboxylic acids is 1. The molecule has 1 heterocycles. The van der Waals surface area contributed by atoms with Crippen LogP contribution in [0.5, 0.6) is 5.75 Å². The summed E-state index contributed by atoms with van der Waals surface area (Å²) in [5.41, 5.74) is 0. The maximum atomic E-state index is 11.6. The van der Waals surface area contributed by atoms with E-state index in [4.69, 9.17) is 9.47 Å². The maximum absolute atomic E-state index is 11.6. The number of amides is 1. The Hall–Kier alpha value is -1.78. The van der Waals surface area contributed by atoms with Crippen molar-refractivity contribution < 1.29 is 14.3 Å². The van der Waals surface area contributed by atoms with E-state index in [9.17, 15) is 4.79 Å². The Bertz CT molecular complexity index is 417. The van der Waals surface area contributed by atoms with E-state index >= 15 is 0 Å². The first-order chi connectivity index (χ1) is 10.3. The van der Waals surface area contributed by atoms with Crippen molar-refractivity contribution >= 4 is 6.09 Å². The molecule has 0 saturated heterocycles. The highest BCUT2D eigenvalue weighted by atomic mass is 16.5. The van der Waals surface area contributed by atoms with Crippen molar-refractivity contribution in [1.82, 2.24) is 10.3 Å². The van der Waals surface area contributed by atoms with Crippen LogP contribution in [0.3, 0.4) is 0 Å². The molecule has 1 amide bonds. The number of carbonyl (C=O) groups is 1. The Morgan fingerprint density at radius 1 is 1.29 bits per heavy atom. The summed E-state index contributed by atoms with van der Waals surface area (Å²) in [6.07, 6.45) is 9.10. The Balaban J connectivity index is 1.65. The van der Waals surface area contributed by atoms with E-state index in [1.807, 2.05) is 12.1 Å². The molecule has 1 aromatic rings. The Kier molecular flexibility index (Phi) is 6.31. The second kappa shape index (κ2) is 8.49. The van der Waals surface area contributed by atoms with Crippen molar-refractivity contribution in [2.75, 3.05) is 6.61 Å². The van der Waals surface area contributed by atoms with Crippen LogP contribution in [0.15, 0.2) is 24.5 Å². The van der Waals surface area contributed by atoms with Crippen molar-refractivity contribution in [2.24, 2.45) is 0 Å². The summed E-state index contributed by atoms with van der Waals surface area (Å²) in [7, 11) is 0. The summed E-state index contributed by atoms with van der Waals surface area (Å²) in [5, 5.41) is 2.94. The van der Waals surface area contributed by atoms with E-state index in [2.05, 4.69) is 17.2 Å². The number of hydrogen-bond acceptors (Lipinski definition) is 4. The SMILES string of the molecule is CCCCOC(=O)NC1CCC(Oc2ccncc2)CC1. The molecular formula is C16H24N2O3. The number of aromatic nitrogens is 1. The number of nitrogens with zero attached hydrogens (tertiary/aromatic N) is 1. The summed E-state index contributed by atoms with van der Waals surface area (Å²) < 4.78 is 11.0. The van der Waals surface area contributed by atoms with E-state index in [0.29, 0.717) is 6.61 Å². The van der Waals surface area contributed by atoms with Gasteiger partial charge in [0.2, 0.25) is 0 Å². The molecule has 0 bridgehead atoms. The third-order valence-corrected chi connectivity index (χ3v) is 3.68. The number of nitrogens with one attached hydrogen (secondary N) is 1. The highest BCUT2D eigenvalue weighted by Gasteiger charge is 2.23. The second-order valence-electron chi connectivity index (χ2n) is 5.41. The highest BCUT2D eigenvalue weighted by Crippen LogP contribution is 2.23. The molecular weight excluding hydrogens is 268 g/mol.